The molecule has 20 heavy (non-hydrogen) atoms. The molecule has 0 bridgehead atoms. The van der Waals surface area contributed by atoms with E-state index in [1.165, 1.54) is 10.8 Å². The molecule has 2 aromatic heterocycles. The van der Waals surface area contributed by atoms with Crippen LogP contribution in [-0.2, 0) is 4.74 Å². The van der Waals surface area contributed by atoms with E-state index >= 15 is 0 Å². The lowest BCUT2D eigenvalue weighted by atomic mass is 10.1. The smallest absolute Gasteiger partial charge is 0.222 e. The fourth-order valence-electron chi connectivity index (χ4n) is 2.27. The van der Waals surface area contributed by atoms with Gasteiger partial charge in [0.2, 0.25) is 11.9 Å². The van der Waals surface area contributed by atoms with E-state index in [-0.39, 0.29) is 17.5 Å². The molecule has 1 fully saturated rings. The number of aliphatic hydroxyl groups is 3. The van der Waals surface area contributed by atoms with E-state index in [1.54, 1.807) is 0 Å². The van der Waals surface area contributed by atoms with Crippen molar-refractivity contribution in [3.63, 3.8) is 0 Å². The van der Waals surface area contributed by atoms with Gasteiger partial charge in [-0.1, -0.05) is 0 Å². The van der Waals surface area contributed by atoms with Crippen molar-refractivity contribution in [2.75, 3.05) is 18.1 Å². The number of rotatable bonds is 2. The van der Waals surface area contributed by atoms with Crippen LogP contribution in [0.15, 0.2) is 6.20 Å². The number of fused-ring (bicyclic) bond motifs is 1. The van der Waals surface area contributed by atoms with Gasteiger partial charge in [0.25, 0.3) is 0 Å². The summed E-state index contributed by atoms with van der Waals surface area (Å²) >= 11 is 0. The van der Waals surface area contributed by atoms with Gasteiger partial charge in [-0.15, -0.1) is 0 Å². The van der Waals surface area contributed by atoms with Crippen LogP contribution in [0.4, 0.5) is 11.9 Å². The number of aromatic nitrogens is 4. The van der Waals surface area contributed by atoms with Crippen LogP contribution >= 0.6 is 0 Å². The summed E-state index contributed by atoms with van der Waals surface area (Å²) in [6, 6.07) is 0. The molecule has 108 valence electrons. The minimum Gasteiger partial charge on any atom is -0.394 e. The Morgan fingerprint density at radius 3 is 2.65 bits per heavy atom. The van der Waals surface area contributed by atoms with E-state index in [1.807, 2.05) is 0 Å². The van der Waals surface area contributed by atoms with Gasteiger partial charge >= 0.3 is 0 Å². The molecular weight excluding hydrogens is 268 g/mol. The van der Waals surface area contributed by atoms with Crippen molar-refractivity contribution in [2.24, 2.45) is 0 Å². The first kappa shape index (κ1) is 13.0. The predicted octanol–water partition coefficient (Wildman–Crippen LogP) is -2.40. The number of nitrogens with two attached hydrogens (primary N) is 2. The average molecular weight is 282 g/mol. The second-order valence-electron chi connectivity index (χ2n) is 4.51. The van der Waals surface area contributed by atoms with E-state index in [0.717, 1.165) is 0 Å². The summed E-state index contributed by atoms with van der Waals surface area (Å²) in [6.45, 7) is -0.432. The van der Waals surface area contributed by atoms with Gasteiger partial charge in [-0.3, -0.25) is 4.57 Å². The lowest BCUT2D eigenvalue weighted by Crippen LogP contribution is -2.33. The Kier molecular flexibility index (Phi) is 2.94. The first-order valence-corrected chi connectivity index (χ1v) is 5.91. The van der Waals surface area contributed by atoms with E-state index in [2.05, 4.69) is 15.0 Å². The molecule has 0 unspecified atom stereocenters. The van der Waals surface area contributed by atoms with Crippen LogP contribution in [-0.4, -0.2) is 59.8 Å². The molecule has 10 heteroatoms. The third kappa shape index (κ3) is 1.78. The Morgan fingerprint density at radius 1 is 1.25 bits per heavy atom. The molecule has 3 rings (SSSR count). The Labute approximate surface area is 112 Å². The molecule has 7 N–H and O–H groups in total. The van der Waals surface area contributed by atoms with Crippen molar-refractivity contribution in [3.8, 4) is 0 Å². The number of nitrogens with zero attached hydrogens (tertiary/aromatic N) is 4. The molecule has 0 amide bonds. The summed E-state index contributed by atoms with van der Waals surface area (Å²) in [6.07, 6.45) is -3.04. The summed E-state index contributed by atoms with van der Waals surface area (Å²) in [5, 5.41) is 28.9. The SMILES string of the molecule is Nc1ncc2nc(N)n([C@@H]3O[C@H](CO)[C@@H](O)[C@H]3O)c2n1. The minimum absolute atomic E-state index is 0.0189. The van der Waals surface area contributed by atoms with Crippen LogP contribution in [0, 0.1) is 0 Å². The summed E-state index contributed by atoms with van der Waals surface area (Å²) in [4.78, 5) is 11.8. The Balaban J connectivity index is 2.10. The van der Waals surface area contributed by atoms with E-state index in [9.17, 15) is 10.2 Å². The highest BCUT2D eigenvalue weighted by atomic mass is 16.6. The Bertz CT molecular complexity index is 646. The fourth-order valence-corrected chi connectivity index (χ4v) is 2.27. The number of nitrogen functional groups attached to an aromatic ring is 2. The third-order valence-electron chi connectivity index (χ3n) is 3.25. The second kappa shape index (κ2) is 4.52. The van der Waals surface area contributed by atoms with Gasteiger partial charge in [0.15, 0.2) is 11.9 Å². The van der Waals surface area contributed by atoms with Crippen LogP contribution in [0.3, 0.4) is 0 Å². The number of imidazole rings is 1. The quantitative estimate of drug-likeness (QED) is 0.403. The maximum absolute atomic E-state index is 10.0. The molecule has 0 spiro atoms. The maximum atomic E-state index is 10.0. The van der Waals surface area contributed by atoms with Crippen LogP contribution < -0.4 is 11.5 Å². The molecule has 1 aliphatic rings. The van der Waals surface area contributed by atoms with Gasteiger partial charge in [0.05, 0.1) is 12.8 Å². The highest BCUT2D eigenvalue weighted by Gasteiger charge is 2.44. The van der Waals surface area contributed by atoms with Crippen molar-refractivity contribution in [1.82, 2.24) is 19.5 Å². The zero-order valence-corrected chi connectivity index (χ0v) is 10.3. The highest BCUT2D eigenvalue weighted by Crippen LogP contribution is 2.33. The molecule has 1 saturated heterocycles. The van der Waals surface area contributed by atoms with Crippen molar-refractivity contribution in [1.29, 1.82) is 0 Å². The standard InChI is InChI=1S/C10H14N6O4/c11-9-13-1-3-7(15-9)16(10(12)14-3)8-6(19)5(18)4(2-17)20-8/h1,4-6,8,17-19H,2H2,(H2,12,14)(H2,11,13,15)/t4-,5-,6-,8-/m1/s1. The number of hydrogen-bond acceptors (Lipinski definition) is 9. The summed E-state index contributed by atoms with van der Waals surface area (Å²) in [5.74, 6) is 0.0557. The van der Waals surface area contributed by atoms with Gasteiger partial charge in [-0.25, -0.2) is 9.97 Å². The Morgan fingerprint density at radius 2 is 2.00 bits per heavy atom. The van der Waals surface area contributed by atoms with Crippen molar-refractivity contribution in [2.45, 2.75) is 24.5 Å². The highest BCUT2D eigenvalue weighted by molar-refractivity contribution is 5.74. The van der Waals surface area contributed by atoms with Crippen molar-refractivity contribution >= 4 is 23.1 Å². The molecule has 0 saturated carbocycles. The average Bonchev–Trinajstić information content (AvgIpc) is 2.88. The fraction of sp³-hybridized carbons (Fsp3) is 0.500. The van der Waals surface area contributed by atoms with Crippen LogP contribution in [0.1, 0.15) is 6.23 Å². The molecule has 0 radical (unpaired) electrons. The number of aliphatic hydroxyl groups excluding tert-OH is 3. The third-order valence-corrected chi connectivity index (χ3v) is 3.25. The summed E-state index contributed by atoms with van der Waals surface area (Å²) in [5.41, 5.74) is 12.0. The summed E-state index contributed by atoms with van der Waals surface area (Å²) < 4.78 is 6.72. The lowest BCUT2D eigenvalue weighted by Gasteiger charge is -2.17. The van der Waals surface area contributed by atoms with E-state index < -0.39 is 31.1 Å². The molecule has 0 aliphatic carbocycles. The van der Waals surface area contributed by atoms with E-state index in [0.29, 0.717) is 5.52 Å². The molecule has 10 nitrogen and oxygen atoms in total. The first-order chi connectivity index (χ1) is 9.52. The van der Waals surface area contributed by atoms with Gasteiger partial charge in [0, 0.05) is 0 Å². The number of anilines is 2. The number of ether oxygens (including phenoxy) is 1. The monoisotopic (exact) mass is 282 g/mol. The largest absolute Gasteiger partial charge is 0.394 e. The van der Waals surface area contributed by atoms with Crippen LogP contribution in [0.25, 0.3) is 11.2 Å². The van der Waals surface area contributed by atoms with Crippen LogP contribution in [0.2, 0.25) is 0 Å². The summed E-state index contributed by atoms with van der Waals surface area (Å²) in [7, 11) is 0. The zero-order valence-electron chi connectivity index (χ0n) is 10.3. The molecule has 3 heterocycles. The second-order valence-corrected chi connectivity index (χ2v) is 4.51. The molecule has 4 atom stereocenters. The topological polar surface area (TPSA) is 166 Å². The normalized spacial score (nSPS) is 30.1. The van der Waals surface area contributed by atoms with E-state index in [4.69, 9.17) is 21.3 Å². The van der Waals surface area contributed by atoms with Crippen LogP contribution in [0.5, 0.6) is 0 Å². The molecule has 0 aromatic carbocycles. The van der Waals surface area contributed by atoms with Gasteiger partial charge in [-0.2, -0.15) is 4.98 Å². The maximum Gasteiger partial charge on any atom is 0.222 e. The van der Waals surface area contributed by atoms with Gasteiger partial charge in [0.1, 0.15) is 23.8 Å². The number of hydrogen-bond donors (Lipinski definition) is 5. The zero-order chi connectivity index (χ0) is 14.4. The molecule has 2 aromatic rings. The molecule has 1 aliphatic heterocycles. The van der Waals surface area contributed by atoms with Crippen molar-refractivity contribution < 1.29 is 20.1 Å². The lowest BCUT2D eigenvalue weighted by molar-refractivity contribution is -0.0500. The van der Waals surface area contributed by atoms with Gasteiger partial charge in [-0.05, 0) is 0 Å². The Hall–Kier alpha value is -2.01. The predicted molar refractivity (Wildman–Crippen MR) is 67.2 cm³/mol. The van der Waals surface area contributed by atoms with Crippen molar-refractivity contribution in [3.05, 3.63) is 6.20 Å². The van der Waals surface area contributed by atoms with Gasteiger partial charge < -0.3 is 31.5 Å². The molecular formula is C10H14N6O4. The minimum atomic E-state index is -1.27. The first-order valence-electron chi connectivity index (χ1n) is 5.91.